The minimum atomic E-state index is -3.79. The number of nitrogens with zero attached hydrogens (tertiary/aromatic N) is 1. The molecule has 0 aliphatic carbocycles. The highest BCUT2D eigenvalue weighted by atomic mass is 32.2. The molecule has 138 valence electrons. The number of hydrogen-bond donors (Lipinski definition) is 0. The molecule has 1 aliphatic rings. The van der Waals surface area contributed by atoms with Gasteiger partial charge < -0.3 is 4.74 Å². The van der Waals surface area contributed by atoms with Crippen LogP contribution in [0.25, 0.3) is 0 Å². The van der Waals surface area contributed by atoms with Crippen molar-refractivity contribution in [3.05, 3.63) is 53.6 Å². The zero-order valence-corrected chi connectivity index (χ0v) is 16.3. The molecular weight excluding hydrogens is 350 g/mol. The normalized spacial score (nSPS) is 14.9. The number of ether oxygens (including phenoxy) is 1. The summed E-state index contributed by atoms with van der Waals surface area (Å²) in [5.41, 5.74) is 1.70. The topological polar surface area (TPSA) is 63.7 Å². The third-order valence-corrected chi connectivity index (χ3v) is 6.43. The van der Waals surface area contributed by atoms with Crippen molar-refractivity contribution in [2.24, 2.45) is 0 Å². The van der Waals surface area contributed by atoms with Crippen molar-refractivity contribution >= 4 is 21.5 Å². The van der Waals surface area contributed by atoms with Gasteiger partial charge in [0.15, 0.2) is 5.78 Å². The first kappa shape index (κ1) is 18.5. The lowest BCUT2D eigenvalue weighted by Crippen LogP contribution is -2.37. The lowest BCUT2D eigenvalue weighted by molar-refractivity contribution is 0.0981. The van der Waals surface area contributed by atoms with Crippen LogP contribution < -0.4 is 9.04 Å². The van der Waals surface area contributed by atoms with Crippen LogP contribution >= 0.6 is 0 Å². The van der Waals surface area contributed by atoms with Gasteiger partial charge in [-0.2, -0.15) is 0 Å². The maximum absolute atomic E-state index is 13.2. The monoisotopic (exact) mass is 373 g/mol. The Labute approximate surface area is 154 Å². The largest absolute Gasteiger partial charge is 0.495 e. The van der Waals surface area contributed by atoms with Gasteiger partial charge in [-0.3, -0.25) is 9.10 Å². The highest BCUT2D eigenvalue weighted by Gasteiger charge is 2.34. The highest BCUT2D eigenvalue weighted by molar-refractivity contribution is 7.92. The number of ketones is 1. The van der Waals surface area contributed by atoms with Gasteiger partial charge in [-0.15, -0.1) is 0 Å². The lowest BCUT2D eigenvalue weighted by Gasteiger charge is -2.31. The predicted molar refractivity (Wildman–Crippen MR) is 102 cm³/mol. The van der Waals surface area contributed by atoms with Crippen LogP contribution in [0.3, 0.4) is 0 Å². The standard InChI is InChI=1S/C20H23NO4S/c1-20(2,3)14-8-10-15(11-9-14)26(23,24)21-13-12-17(22)16-6-5-7-18(25-4)19(16)21/h5-11H,12-13H2,1-4H3. The summed E-state index contributed by atoms with van der Waals surface area (Å²) in [7, 11) is -2.32. The van der Waals surface area contributed by atoms with E-state index in [1.54, 1.807) is 30.3 Å². The van der Waals surface area contributed by atoms with Crippen LogP contribution in [-0.2, 0) is 15.4 Å². The van der Waals surface area contributed by atoms with Gasteiger partial charge >= 0.3 is 0 Å². The number of sulfonamides is 1. The van der Waals surface area contributed by atoms with E-state index in [2.05, 4.69) is 20.8 Å². The van der Waals surface area contributed by atoms with E-state index >= 15 is 0 Å². The van der Waals surface area contributed by atoms with E-state index < -0.39 is 10.0 Å². The fourth-order valence-corrected chi connectivity index (χ4v) is 4.61. The van der Waals surface area contributed by atoms with Crippen molar-refractivity contribution in [3.8, 4) is 5.75 Å². The predicted octanol–water partition coefficient (Wildman–Crippen LogP) is 3.77. The molecule has 0 atom stereocenters. The Kier molecular flexibility index (Phi) is 4.56. The van der Waals surface area contributed by atoms with Crippen molar-refractivity contribution in [1.82, 2.24) is 0 Å². The highest BCUT2D eigenvalue weighted by Crippen LogP contribution is 2.39. The second kappa shape index (κ2) is 6.43. The van der Waals surface area contributed by atoms with Gasteiger partial charge in [-0.25, -0.2) is 8.42 Å². The maximum Gasteiger partial charge on any atom is 0.264 e. The van der Waals surface area contributed by atoms with Crippen molar-refractivity contribution in [2.45, 2.75) is 37.5 Å². The SMILES string of the molecule is COc1cccc2c1N(S(=O)(=O)c1ccc(C(C)(C)C)cc1)CCC2=O. The lowest BCUT2D eigenvalue weighted by atomic mass is 9.87. The second-order valence-electron chi connectivity index (χ2n) is 7.38. The number of hydrogen-bond acceptors (Lipinski definition) is 4. The average molecular weight is 373 g/mol. The molecule has 0 amide bonds. The van der Waals surface area contributed by atoms with Crippen molar-refractivity contribution in [3.63, 3.8) is 0 Å². The molecule has 0 spiro atoms. The number of benzene rings is 2. The number of fused-ring (bicyclic) bond motifs is 1. The molecule has 3 rings (SSSR count). The molecular formula is C20H23NO4S. The molecule has 0 saturated carbocycles. The van der Waals surface area contributed by atoms with Crippen LogP contribution in [0.2, 0.25) is 0 Å². The summed E-state index contributed by atoms with van der Waals surface area (Å²) in [4.78, 5) is 12.4. The molecule has 2 aromatic carbocycles. The van der Waals surface area contributed by atoms with Gasteiger partial charge in [0.05, 0.1) is 12.0 Å². The van der Waals surface area contributed by atoms with Crippen LogP contribution in [0.4, 0.5) is 5.69 Å². The zero-order chi connectivity index (χ0) is 19.1. The maximum atomic E-state index is 13.2. The summed E-state index contributed by atoms with van der Waals surface area (Å²) in [6.07, 6.45) is 0.152. The molecule has 0 unspecified atom stereocenters. The Morgan fingerprint density at radius 2 is 1.69 bits per heavy atom. The number of Topliss-reactive ketones (excluding diaryl/α,β-unsaturated/α-hetero) is 1. The number of carbonyl (C=O) groups is 1. The Morgan fingerprint density at radius 1 is 1.04 bits per heavy atom. The van der Waals surface area contributed by atoms with Gasteiger partial charge in [-0.05, 0) is 35.2 Å². The van der Waals surface area contributed by atoms with Crippen molar-refractivity contribution in [2.75, 3.05) is 18.0 Å². The van der Waals surface area contributed by atoms with E-state index in [1.165, 1.54) is 11.4 Å². The van der Waals surface area contributed by atoms with Gasteiger partial charge in [0.2, 0.25) is 0 Å². The number of methoxy groups -OCH3 is 1. The van der Waals surface area contributed by atoms with Gasteiger partial charge in [0, 0.05) is 18.5 Å². The first-order chi connectivity index (χ1) is 12.2. The number of carbonyl (C=O) groups excluding carboxylic acids is 1. The summed E-state index contributed by atoms with van der Waals surface area (Å²) < 4.78 is 33.1. The Bertz CT molecular complexity index is 941. The molecule has 0 fully saturated rings. The minimum absolute atomic E-state index is 0.0599. The molecule has 0 aromatic heterocycles. The van der Waals surface area contributed by atoms with E-state index in [1.807, 2.05) is 12.1 Å². The third-order valence-electron chi connectivity index (χ3n) is 4.62. The summed E-state index contributed by atoms with van der Waals surface area (Å²) in [5, 5.41) is 0. The van der Waals surface area contributed by atoms with Gasteiger partial charge in [0.25, 0.3) is 10.0 Å². The molecule has 1 aliphatic heterocycles. The zero-order valence-electron chi connectivity index (χ0n) is 15.4. The summed E-state index contributed by atoms with van der Waals surface area (Å²) >= 11 is 0. The summed E-state index contributed by atoms with van der Waals surface area (Å²) in [6.45, 7) is 6.34. The van der Waals surface area contributed by atoms with Crippen LogP contribution in [-0.4, -0.2) is 27.9 Å². The fraction of sp³-hybridized carbons (Fsp3) is 0.350. The Hall–Kier alpha value is -2.34. The molecule has 5 nitrogen and oxygen atoms in total. The summed E-state index contributed by atoms with van der Waals surface area (Å²) in [5.74, 6) is 0.305. The van der Waals surface area contributed by atoms with Crippen LogP contribution in [0.1, 0.15) is 43.1 Å². The molecule has 1 heterocycles. The molecule has 0 saturated heterocycles. The van der Waals surface area contributed by atoms with Crippen LogP contribution in [0, 0.1) is 0 Å². The molecule has 26 heavy (non-hydrogen) atoms. The second-order valence-corrected chi connectivity index (χ2v) is 9.24. The van der Waals surface area contributed by atoms with E-state index in [0.717, 1.165) is 5.56 Å². The molecule has 6 heteroatoms. The number of rotatable bonds is 3. The van der Waals surface area contributed by atoms with Crippen LogP contribution in [0.15, 0.2) is 47.4 Å². The first-order valence-electron chi connectivity index (χ1n) is 8.50. The Balaban J connectivity index is 2.09. The number of para-hydroxylation sites is 1. The molecule has 2 aromatic rings. The first-order valence-corrected chi connectivity index (χ1v) is 9.94. The van der Waals surface area contributed by atoms with Gasteiger partial charge in [0.1, 0.15) is 11.4 Å². The summed E-state index contributed by atoms with van der Waals surface area (Å²) in [6, 6.07) is 11.9. The smallest absolute Gasteiger partial charge is 0.264 e. The van der Waals surface area contributed by atoms with Crippen LogP contribution in [0.5, 0.6) is 5.75 Å². The molecule has 0 bridgehead atoms. The van der Waals surface area contributed by atoms with Crippen molar-refractivity contribution in [1.29, 1.82) is 0 Å². The van der Waals surface area contributed by atoms with E-state index in [9.17, 15) is 13.2 Å². The molecule has 0 radical (unpaired) electrons. The Morgan fingerprint density at radius 3 is 2.27 bits per heavy atom. The van der Waals surface area contributed by atoms with E-state index in [4.69, 9.17) is 4.74 Å². The van der Waals surface area contributed by atoms with E-state index in [0.29, 0.717) is 17.0 Å². The van der Waals surface area contributed by atoms with Gasteiger partial charge in [-0.1, -0.05) is 39.0 Å². The third kappa shape index (κ3) is 3.09. The molecule has 0 N–H and O–H groups in total. The van der Waals surface area contributed by atoms with Crippen molar-refractivity contribution < 1.29 is 17.9 Å². The average Bonchev–Trinajstić information content (AvgIpc) is 2.61. The quantitative estimate of drug-likeness (QED) is 0.821. The fourth-order valence-electron chi connectivity index (χ4n) is 3.11. The number of anilines is 1. The minimum Gasteiger partial charge on any atom is -0.495 e. The van der Waals surface area contributed by atoms with E-state index in [-0.39, 0.29) is 29.1 Å².